The average molecular weight is 313 g/mol. The maximum atomic E-state index is 2.43. The summed E-state index contributed by atoms with van der Waals surface area (Å²) in [4.78, 5) is 2.39. The van der Waals surface area contributed by atoms with Crippen molar-refractivity contribution in [3.63, 3.8) is 0 Å². The van der Waals surface area contributed by atoms with Crippen LogP contribution in [0.25, 0.3) is 38.4 Å². The van der Waals surface area contributed by atoms with Crippen molar-refractivity contribution in [1.82, 2.24) is 0 Å². The van der Waals surface area contributed by atoms with Gasteiger partial charge in [-0.05, 0) is 0 Å². The first-order chi connectivity index (χ1) is 9.92. The number of rotatable bonds is 0. The van der Waals surface area contributed by atoms with Crippen LogP contribution in [0.3, 0.4) is 0 Å². The molecule has 0 atom stereocenters. The second kappa shape index (κ2) is 3.80. The van der Waals surface area contributed by atoms with E-state index in [1.807, 2.05) is 0 Å². The van der Waals surface area contributed by atoms with Crippen molar-refractivity contribution in [2.45, 2.75) is 0 Å². The molecule has 0 unspecified atom stereocenters. The summed E-state index contributed by atoms with van der Waals surface area (Å²) < 4.78 is 1.60. The van der Waals surface area contributed by atoms with Crippen LogP contribution in [0.4, 0.5) is 0 Å². The number of benzene rings is 4. The van der Waals surface area contributed by atoms with Crippen molar-refractivity contribution in [3.8, 4) is 0 Å². The van der Waals surface area contributed by atoms with Crippen LogP contribution in [-0.2, 0) is 0 Å². The van der Waals surface area contributed by atoms with E-state index in [1.165, 1.54) is 37.9 Å². The Labute approximate surface area is 123 Å². The number of fused-ring (bicyclic) bond motifs is 2. The van der Waals surface area contributed by atoms with Gasteiger partial charge in [0.2, 0.25) is 0 Å². The third-order valence-electron chi connectivity index (χ3n) is 4.37. The summed E-state index contributed by atoms with van der Waals surface area (Å²) in [7, 11) is 0. The number of hydrogen-bond donors (Lipinski definition) is 0. The molecule has 0 fully saturated rings. The van der Waals surface area contributed by atoms with Crippen LogP contribution in [0.2, 0.25) is 0 Å². The van der Waals surface area contributed by atoms with Crippen LogP contribution < -0.4 is 4.40 Å². The molecule has 0 saturated carbocycles. The van der Waals surface area contributed by atoms with Crippen LogP contribution in [0.1, 0.15) is 5.56 Å². The van der Waals surface area contributed by atoms with Gasteiger partial charge in [0.05, 0.1) is 0 Å². The Morgan fingerprint density at radius 1 is 0.750 bits per heavy atom. The van der Waals surface area contributed by atoms with Crippen molar-refractivity contribution >= 4 is 62.6 Å². The molecule has 4 aromatic rings. The monoisotopic (exact) mass is 314 g/mol. The molecule has 0 aromatic heterocycles. The van der Waals surface area contributed by atoms with Gasteiger partial charge in [-0.3, -0.25) is 0 Å². The third kappa shape index (κ3) is 1.30. The standard InChI is InChI=1S/C19H12Ge/c1-3-12-6-7-14-11-17-15(5-2-10-20-17)16-9-8-13(4-1)18(12)19(14)16/h1-11,20H. The summed E-state index contributed by atoms with van der Waals surface area (Å²) in [5.41, 5.74) is 1.47. The summed E-state index contributed by atoms with van der Waals surface area (Å²) in [5.74, 6) is 0. The van der Waals surface area contributed by atoms with Gasteiger partial charge in [-0.25, -0.2) is 0 Å². The van der Waals surface area contributed by atoms with Crippen molar-refractivity contribution in [3.05, 3.63) is 60.2 Å². The van der Waals surface area contributed by atoms with Gasteiger partial charge in [-0.1, -0.05) is 0 Å². The minimum atomic E-state index is -0.399. The zero-order valence-corrected chi connectivity index (χ0v) is 13.4. The van der Waals surface area contributed by atoms with E-state index in [0.29, 0.717) is 0 Å². The van der Waals surface area contributed by atoms with Crippen LogP contribution in [-0.4, -0.2) is 19.8 Å². The topological polar surface area (TPSA) is 0 Å². The van der Waals surface area contributed by atoms with Crippen LogP contribution in [0, 0.1) is 0 Å². The molecule has 4 aromatic carbocycles. The summed E-state index contributed by atoms with van der Waals surface area (Å²) in [6.45, 7) is 0. The Balaban J connectivity index is 2.16. The maximum absolute atomic E-state index is 2.43. The van der Waals surface area contributed by atoms with Gasteiger partial charge in [0.25, 0.3) is 0 Å². The van der Waals surface area contributed by atoms with Crippen molar-refractivity contribution in [1.29, 1.82) is 0 Å². The molecule has 0 nitrogen and oxygen atoms in total. The van der Waals surface area contributed by atoms with Gasteiger partial charge in [0, 0.05) is 0 Å². The molecule has 1 heterocycles. The Hall–Kier alpha value is -1.93. The second-order valence-corrected chi connectivity index (χ2v) is 8.27. The predicted octanol–water partition coefficient (Wildman–Crippen LogP) is 3.47. The normalized spacial score (nSPS) is 13.6. The Bertz CT molecular complexity index is 1020. The van der Waals surface area contributed by atoms with Crippen LogP contribution >= 0.6 is 0 Å². The van der Waals surface area contributed by atoms with Crippen LogP contribution in [0.5, 0.6) is 0 Å². The number of allylic oxidation sites excluding steroid dienone is 1. The van der Waals surface area contributed by atoms with E-state index in [1.54, 1.807) is 4.40 Å². The fraction of sp³-hybridized carbons (Fsp3) is 0. The van der Waals surface area contributed by atoms with Crippen molar-refractivity contribution in [2.24, 2.45) is 0 Å². The van der Waals surface area contributed by atoms with Crippen molar-refractivity contribution < 1.29 is 0 Å². The third-order valence-corrected chi connectivity index (χ3v) is 7.00. The molecule has 0 saturated heterocycles. The van der Waals surface area contributed by atoms with E-state index >= 15 is 0 Å². The Morgan fingerprint density at radius 2 is 1.55 bits per heavy atom. The molecular weight excluding hydrogens is 301 g/mol. The summed E-state index contributed by atoms with van der Waals surface area (Å²) in [6, 6.07) is 18.2. The van der Waals surface area contributed by atoms with E-state index < -0.39 is 15.0 Å². The zero-order valence-electron chi connectivity index (χ0n) is 10.9. The predicted molar refractivity (Wildman–Crippen MR) is 92.0 cm³/mol. The molecule has 0 amide bonds. The van der Waals surface area contributed by atoms with E-state index in [0.717, 1.165) is 0 Å². The second-order valence-electron chi connectivity index (χ2n) is 5.45. The molecule has 0 spiro atoms. The first-order valence-electron chi connectivity index (χ1n) is 6.97. The molecule has 0 bridgehead atoms. The fourth-order valence-electron chi connectivity index (χ4n) is 3.49. The molecular formula is C19H12Ge. The molecule has 20 heavy (non-hydrogen) atoms. The number of hydrogen-bond acceptors (Lipinski definition) is 0. The van der Waals surface area contributed by atoms with Gasteiger partial charge in [0.15, 0.2) is 0 Å². The summed E-state index contributed by atoms with van der Waals surface area (Å²) in [6.07, 6.45) is 4.54. The first-order valence-corrected chi connectivity index (χ1v) is 9.58. The molecule has 1 aliphatic heterocycles. The molecule has 1 heteroatoms. The molecule has 92 valence electrons. The average Bonchev–Trinajstić information content (AvgIpc) is 2.52. The first kappa shape index (κ1) is 10.8. The molecule has 5 rings (SSSR count). The van der Waals surface area contributed by atoms with Gasteiger partial charge < -0.3 is 0 Å². The van der Waals surface area contributed by atoms with E-state index in [2.05, 4.69) is 65.5 Å². The van der Waals surface area contributed by atoms with E-state index in [-0.39, 0.29) is 0 Å². The molecule has 0 radical (unpaired) electrons. The fourth-order valence-corrected chi connectivity index (χ4v) is 5.87. The summed E-state index contributed by atoms with van der Waals surface area (Å²) >= 11 is -0.399. The van der Waals surface area contributed by atoms with Gasteiger partial charge in [-0.15, -0.1) is 0 Å². The van der Waals surface area contributed by atoms with Gasteiger partial charge >= 0.3 is 123 Å². The molecule has 0 aliphatic carbocycles. The van der Waals surface area contributed by atoms with Crippen LogP contribution in [0.15, 0.2) is 54.6 Å². The van der Waals surface area contributed by atoms with Crippen molar-refractivity contribution in [2.75, 3.05) is 0 Å². The molecule has 1 aliphatic rings. The molecule has 0 N–H and O–H groups in total. The minimum absolute atomic E-state index is 0.399. The van der Waals surface area contributed by atoms with Gasteiger partial charge in [0.1, 0.15) is 0 Å². The van der Waals surface area contributed by atoms with Gasteiger partial charge in [-0.2, -0.15) is 0 Å². The Kier molecular flexibility index (Phi) is 2.05. The quantitative estimate of drug-likeness (QED) is 0.344. The Morgan fingerprint density at radius 3 is 2.45 bits per heavy atom. The van der Waals surface area contributed by atoms with E-state index in [4.69, 9.17) is 0 Å². The summed E-state index contributed by atoms with van der Waals surface area (Å²) in [5, 5.41) is 8.42. The SMILES string of the molecule is C1=Cc2[c](cc3ccc4cccc5ccc2c3c45)[GeH]=[CH]1. The van der Waals surface area contributed by atoms with E-state index in [9.17, 15) is 0 Å². The zero-order chi connectivity index (χ0) is 13.1.